The van der Waals surface area contributed by atoms with Crippen molar-refractivity contribution >= 4 is 5.97 Å². The van der Waals surface area contributed by atoms with Gasteiger partial charge in [0.2, 0.25) is 0 Å². The zero-order chi connectivity index (χ0) is 13.3. The first-order chi connectivity index (χ1) is 8.49. The van der Waals surface area contributed by atoms with E-state index in [9.17, 15) is 9.90 Å². The molecule has 2 rings (SSSR count). The van der Waals surface area contributed by atoms with Gasteiger partial charge in [0.05, 0.1) is 11.8 Å². The molecule has 2 N–H and O–H groups in total. The van der Waals surface area contributed by atoms with Crippen LogP contribution in [0.1, 0.15) is 29.1 Å². The molecular formula is C13H14N2O3. The summed E-state index contributed by atoms with van der Waals surface area (Å²) in [6, 6.07) is 8.83. The first-order valence-electron chi connectivity index (χ1n) is 5.55. The van der Waals surface area contributed by atoms with Gasteiger partial charge >= 0.3 is 5.97 Å². The maximum Gasteiger partial charge on any atom is 0.356 e. The fourth-order valence-corrected chi connectivity index (χ4v) is 1.77. The van der Waals surface area contributed by atoms with Crippen molar-refractivity contribution in [1.82, 2.24) is 9.78 Å². The van der Waals surface area contributed by atoms with Gasteiger partial charge in [-0.2, -0.15) is 5.10 Å². The van der Waals surface area contributed by atoms with E-state index in [4.69, 9.17) is 5.11 Å². The molecule has 94 valence electrons. The Morgan fingerprint density at radius 3 is 2.39 bits per heavy atom. The van der Waals surface area contributed by atoms with Crippen molar-refractivity contribution in [2.75, 3.05) is 0 Å². The number of aromatic nitrogens is 2. The Morgan fingerprint density at radius 2 is 1.94 bits per heavy atom. The summed E-state index contributed by atoms with van der Waals surface area (Å²) in [5, 5.41) is 22.2. The molecule has 0 amide bonds. The second-order valence-electron chi connectivity index (χ2n) is 4.14. The van der Waals surface area contributed by atoms with E-state index in [1.54, 1.807) is 14.0 Å². The highest BCUT2D eigenvalue weighted by molar-refractivity contribution is 5.87. The average molecular weight is 246 g/mol. The van der Waals surface area contributed by atoms with E-state index in [-0.39, 0.29) is 5.69 Å². The van der Waals surface area contributed by atoms with Crippen molar-refractivity contribution in [3.8, 4) is 11.3 Å². The molecule has 1 aromatic carbocycles. The number of carboxylic acids is 1. The largest absolute Gasteiger partial charge is 0.476 e. The Hall–Kier alpha value is -2.14. The zero-order valence-corrected chi connectivity index (χ0v) is 10.2. The molecule has 5 heteroatoms. The molecule has 2 aromatic rings. The first-order valence-corrected chi connectivity index (χ1v) is 5.55. The van der Waals surface area contributed by atoms with E-state index >= 15 is 0 Å². The van der Waals surface area contributed by atoms with Crippen molar-refractivity contribution in [1.29, 1.82) is 0 Å². The number of aromatic carboxylic acids is 1. The number of carboxylic acid groups (broad SMARTS) is 1. The maximum absolute atomic E-state index is 10.8. The Balaban J connectivity index is 2.39. The summed E-state index contributed by atoms with van der Waals surface area (Å²) in [5.41, 5.74) is 2.43. The summed E-state index contributed by atoms with van der Waals surface area (Å²) in [6.07, 6.45) is -0.514. The lowest BCUT2D eigenvalue weighted by Crippen LogP contribution is -1.99. The van der Waals surface area contributed by atoms with Crippen molar-refractivity contribution in [3.63, 3.8) is 0 Å². The van der Waals surface area contributed by atoms with Gasteiger partial charge in [0.25, 0.3) is 0 Å². The number of hydrogen-bond donors (Lipinski definition) is 2. The quantitative estimate of drug-likeness (QED) is 0.866. The number of aliphatic hydroxyl groups is 1. The van der Waals surface area contributed by atoms with E-state index in [0.717, 1.165) is 16.8 Å². The second kappa shape index (κ2) is 4.62. The Kier molecular flexibility index (Phi) is 3.16. The van der Waals surface area contributed by atoms with Crippen LogP contribution in [0.25, 0.3) is 11.3 Å². The molecule has 0 aliphatic heterocycles. The third-order valence-corrected chi connectivity index (χ3v) is 2.79. The summed E-state index contributed by atoms with van der Waals surface area (Å²) < 4.78 is 1.53. The van der Waals surface area contributed by atoms with Crippen molar-refractivity contribution in [2.45, 2.75) is 13.0 Å². The van der Waals surface area contributed by atoms with Gasteiger partial charge in [0.1, 0.15) is 0 Å². The third kappa shape index (κ3) is 2.26. The molecule has 1 aromatic heterocycles. The predicted octanol–water partition coefficient (Wildman–Crippen LogP) is 1.84. The van der Waals surface area contributed by atoms with E-state index in [2.05, 4.69) is 5.10 Å². The monoisotopic (exact) mass is 246 g/mol. The highest BCUT2D eigenvalue weighted by atomic mass is 16.4. The molecule has 0 saturated carbocycles. The molecule has 0 saturated heterocycles. The average Bonchev–Trinajstić information content (AvgIpc) is 2.71. The zero-order valence-electron chi connectivity index (χ0n) is 10.2. The van der Waals surface area contributed by atoms with E-state index in [0.29, 0.717) is 0 Å². The van der Waals surface area contributed by atoms with Crippen LogP contribution in [0, 0.1) is 0 Å². The molecule has 0 aliphatic rings. The van der Waals surface area contributed by atoms with Crippen molar-refractivity contribution in [2.24, 2.45) is 7.05 Å². The van der Waals surface area contributed by atoms with E-state index in [1.165, 1.54) is 10.7 Å². The van der Waals surface area contributed by atoms with Crippen LogP contribution in [-0.2, 0) is 7.05 Å². The number of carbonyl (C=O) groups is 1. The van der Waals surface area contributed by atoms with Gasteiger partial charge in [-0.15, -0.1) is 0 Å². The summed E-state index contributed by atoms with van der Waals surface area (Å²) in [6.45, 7) is 1.70. The molecule has 1 atom stereocenters. The van der Waals surface area contributed by atoms with Crippen LogP contribution in [0.3, 0.4) is 0 Å². The van der Waals surface area contributed by atoms with Crippen LogP contribution in [0.2, 0.25) is 0 Å². The summed E-state index contributed by atoms with van der Waals surface area (Å²) >= 11 is 0. The summed E-state index contributed by atoms with van der Waals surface area (Å²) in [5.74, 6) is -1.04. The van der Waals surface area contributed by atoms with Gasteiger partial charge in [-0.1, -0.05) is 24.3 Å². The minimum atomic E-state index is -1.04. The van der Waals surface area contributed by atoms with E-state index in [1.807, 2.05) is 24.3 Å². The van der Waals surface area contributed by atoms with Crippen LogP contribution in [0.15, 0.2) is 30.3 Å². The normalized spacial score (nSPS) is 12.4. The van der Waals surface area contributed by atoms with Crippen molar-refractivity contribution in [3.05, 3.63) is 41.6 Å². The minimum absolute atomic E-state index is 0.0205. The molecule has 0 fully saturated rings. The van der Waals surface area contributed by atoms with Crippen LogP contribution < -0.4 is 0 Å². The fraction of sp³-hybridized carbons (Fsp3) is 0.231. The third-order valence-electron chi connectivity index (χ3n) is 2.79. The Labute approximate surface area is 104 Å². The molecular weight excluding hydrogens is 232 g/mol. The molecule has 0 radical (unpaired) electrons. The van der Waals surface area contributed by atoms with Gasteiger partial charge in [-0.25, -0.2) is 4.79 Å². The number of benzene rings is 1. The smallest absolute Gasteiger partial charge is 0.356 e. The molecule has 0 aliphatic carbocycles. The molecule has 5 nitrogen and oxygen atoms in total. The Bertz CT molecular complexity index is 570. The lowest BCUT2D eigenvalue weighted by atomic mass is 10.1. The number of hydrogen-bond acceptors (Lipinski definition) is 3. The fourth-order valence-electron chi connectivity index (χ4n) is 1.77. The van der Waals surface area contributed by atoms with Crippen LogP contribution >= 0.6 is 0 Å². The first kappa shape index (κ1) is 12.3. The maximum atomic E-state index is 10.8. The highest BCUT2D eigenvalue weighted by Crippen LogP contribution is 2.22. The summed E-state index contributed by atoms with van der Waals surface area (Å²) in [7, 11) is 1.70. The topological polar surface area (TPSA) is 75.3 Å². The standard InChI is InChI=1S/C13H14N2O3/c1-8(16)9-3-5-10(6-4-9)12-7-11(13(17)18)14-15(12)2/h3-8,16H,1-2H3,(H,17,18). The minimum Gasteiger partial charge on any atom is -0.476 e. The van der Waals surface area contributed by atoms with Gasteiger partial charge in [-0.05, 0) is 24.1 Å². The SMILES string of the molecule is CC(O)c1ccc(-c2cc(C(=O)O)nn2C)cc1. The van der Waals surface area contributed by atoms with Gasteiger partial charge < -0.3 is 10.2 Å². The predicted molar refractivity (Wildman–Crippen MR) is 66.2 cm³/mol. The van der Waals surface area contributed by atoms with Crippen LogP contribution in [0.5, 0.6) is 0 Å². The molecule has 18 heavy (non-hydrogen) atoms. The second-order valence-corrected chi connectivity index (χ2v) is 4.14. The van der Waals surface area contributed by atoms with Crippen LogP contribution in [0.4, 0.5) is 0 Å². The Morgan fingerprint density at radius 1 is 1.33 bits per heavy atom. The van der Waals surface area contributed by atoms with Gasteiger partial charge in [0, 0.05) is 7.05 Å². The molecule has 1 heterocycles. The van der Waals surface area contributed by atoms with Crippen LogP contribution in [-0.4, -0.2) is 26.0 Å². The number of rotatable bonds is 3. The molecule has 1 unspecified atom stereocenters. The van der Waals surface area contributed by atoms with Gasteiger partial charge in [-0.3, -0.25) is 4.68 Å². The highest BCUT2D eigenvalue weighted by Gasteiger charge is 2.12. The molecule has 0 spiro atoms. The molecule has 0 bridgehead atoms. The lowest BCUT2D eigenvalue weighted by Gasteiger charge is -2.06. The lowest BCUT2D eigenvalue weighted by molar-refractivity contribution is 0.0689. The van der Waals surface area contributed by atoms with E-state index < -0.39 is 12.1 Å². The van der Waals surface area contributed by atoms with Gasteiger partial charge in [0.15, 0.2) is 5.69 Å². The number of aliphatic hydroxyl groups excluding tert-OH is 1. The van der Waals surface area contributed by atoms with Crippen molar-refractivity contribution < 1.29 is 15.0 Å². The number of nitrogens with zero attached hydrogens (tertiary/aromatic N) is 2. The number of aryl methyl sites for hydroxylation is 1. The summed E-state index contributed by atoms with van der Waals surface area (Å²) in [4.78, 5) is 10.8.